The Morgan fingerprint density at radius 1 is 1.24 bits per heavy atom. The van der Waals surface area contributed by atoms with Gasteiger partial charge in [-0.2, -0.15) is 0 Å². The molecule has 0 bridgehead atoms. The lowest BCUT2D eigenvalue weighted by atomic mass is 10.1. The van der Waals surface area contributed by atoms with Crippen LogP contribution in [-0.2, 0) is 6.54 Å². The maximum atomic E-state index is 14.0. The third kappa shape index (κ3) is 2.27. The molecule has 0 fully saturated rings. The number of nitrogen functional groups attached to an aromatic ring is 1. The third-order valence-corrected chi connectivity index (χ3v) is 3.63. The number of anilines is 1. The van der Waals surface area contributed by atoms with Crippen molar-refractivity contribution in [3.05, 3.63) is 47.8 Å². The molecule has 3 rings (SSSR count). The number of halogens is 1. The number of benzene rings is 2. The average molecular weight is 283 g/mol. The van der Waals surface area contributed by atoms with Crippen LogP contribution in [0.2, 0.25) is 0 Å². The molecule has 0 atom stereocenters. The summed E-state index contributed by atoms with van der Waals surface area (Å²) in [6.07, 6.45) is 0.945. The molecular weight excluding hydrogens is 265 g/mol. The van der Waals surface area contributed by atoms with Gasteiger partial charge in [-0.05, 0) is 37.6 Å². The summed E-state index contributed by atoms with van der Waals surface area (Å²) >= 11 is 0. The molecule has 1 aromatic heterocycles. The predicted molar refractivity (Wildman–Crippen MR) is 84.6 cm³/mol. The van der Waals surface area contributed by atoms with Crippen LogP contribution in [0.5, 0.6) is 0 Å². The highest BCUT2D eigenvalue weighted by Crippen LogP contribution is 2.30. The zero-order valence-electron chi connectivity index (χ0n) is 12.2. The fourth-order valence-electron chi connectivity index (χ4n) is 2.63. The molecular formula is C17H18FN3. The lowest BCUT2D eigenvalue weighted by molar-refractivity contribution is 0.637. The molecule has 21 heavy (non-hydrogen) atoms. The minimum atomic E-state index is -0.296. The van der Waals surface area contributed by atoms with Crippen molar-refractivity contribution in [3.8, 4) is 11.4 Å². The number of hydrogen-bond donors (Lipinski definition) is 1. The van der Waals surface area contributed by atoms with Gasteiger partial charge in [0.1, 0.15) is 11.3 Å². The molecule has 0 spiro atoms. The zero-order chi connectivity index (χ0) is 15.0. The third-order valence-electron chi connectivity index (χ3n) is 3.63. The number of hydrogen-bond acceptors (Lipinski definition) is 2. The summed E-state index contributed by atoms with van der Waals surface area (Å²) in [6.45, 7) is 4.88. The Hall–Kier alpha value is -2.36. The highest BCUT2D eigenvalue weighted by molar-refractivity contribution is 5.84. The molecule has 1 heterocycles. The molecule has 0 radical (unpaired) electrons. The summed E-state index contributed by atoms with van der Waals surface area (Å²) in [4.78, 5) is 4.51. The van der Waals surface area contributed by atoms with E-state index in [1.807, 2.05) is 35.8 Å². The molecule has 0 amide bonds. The molecule has 0 aliphatic rings. The van der Waals surface area contributed by atoms with E-state index in [1.54, 1.807) is 6.07 Å². The zero-order valence-corrected chi connectivity index (χ0v) is 12.2. The number of nitrogens with two attached hydrogens (primary N) is 1. The van der Waals surface area contributed by atoms with Crippen molar-refractivity contribution in [1.82, 2.24) is 9.55 Å². The monoisotopic (exact) mass is 283 g/mol. The summed E-state index contributed by atoms with van der Waals surface area (Å²) in [5, 5.41) is 0. The van der Waals surface area contributed by atoms with Crippen molar-refractivity contribution in [2.45, 2.75) is 26.8 Å². The molecule has 0 saturated heterocycles. The number of imidazole rings is 1. The molecule has 0 unspecified atom stereocenters. The first-order valence-corrected chi connectivity index (χ1v) is 7.13. The first-order valence-electron chi connectivity index (χ1n) is 7.13. The van der Waals surface area contributed by atoms with Crippen molar-refractivity contribution in [1.29, 1.82) is 0 Å². The van der Waals surface area contributed by atoms with E-state index < -0.39 is 0 Å². The van der Waals surface area contributed by atoms with Gasteiger partial charge in [-0.15, -0.1) is 0 Å². The maximum Gasteiger partial charge on any atom is 0.151 e. The summed E-state index contributed by atoms with van der Waals surface area (Å²) < 4.78 is 16.1. The Labute approximate surface area is 123 Å². The largest absolute Gasteiger partial charge is 0.398 e. The van der Waals surface area contributed by atoms with Crippen LogP contribution in [0.4, 0.5) is 10.1 Å². The molecule has 2 N–H and O–H groups in total. The quantitative estimate of drug-likeness (QED) is 0.734. The molecule has 0 saturated carbocycles. The maximum absolute atomic E-state index is 14.0. The summed E-state index contributed by atoms with van der Waals surface area (Å²) in [6, 6.07) is 10.9. The minimum absolute atomic E-state index is 0.296. The van der Waals surface area contributed by atoms with E-state index in [0.29, 0.717) is 11.2 Å². The lowest BCUT2D eigenvalue weighted by Crippen LogP contribution is -2.02. The van der Waals surface area contributed by atoms with Gasteiger partial charge in [-0.25, -0.2) is 9.37 Å². The van der Waals surface area contributed by atoms with Gasteiger partial charge in [0.25, 0.3) is 0 Å². The van der Waals surface area contributed by atoms with Crippen molar-refractivity contribution >= 4 is 16.7 Å². The number of aromatic nitrogens is 2. The molecule has 2 aromatic carbocycles. The fraction of sp³-hybridized carbons (Fsp3) is 0.235. The highest BCUT2D eigenvalue weighted by Gasteiger charge is 2.16. The van der Waals surface area contributed by atoms with Crippen molar-refractivity contribution in [2.24, 2.45) is 0 Å². The van der Waals surface area contributed by atoms with Crippen LogP contribution in [0.3, 0.4) is 0 Å². The van der Waals surface area contributed by atoms with Gasteiger partial charge in [-0.1, -0.05) is 24.6 Å². The van der Waals surface area contributed by atoms with Crippen molar-refractivity contribution < 1.29 is 4.39 Å². The predicted octanol–water partition coefficient (Wildman–Crippen LogP) is 4.14. The molecule has 4 heteroatoms. The Morgan fingerprint density at radius 2 is 2.05 bits per heavy atom. The first kappa shape index (κ1) is 13.6. The van der Waals surface area contributed by atoms with Gasteiger partial charge in [0, 0.05) is 17.8 Å². The van der Waals surface area contributed by atoms with E-state index in [-0.39, 0.29) is 5.82 Å². The van der Waals surface area contributed by atoms with Gasteiger partial charge in [0.05, 0.1) is 5.52 Å². The molecule has 3 aromatic rings. The second kappa shape index (κ2) is 5.20. The van der Waals surface area contributed by atoms with E-state index in [1.165, 1.54) is 6.07 Å². The van der Waals surface area contributed by atoms with Crippen molar-refractivity contribution in [3.63, 3.8) is 0 Å². The van der Waals surface area contributed by atoms with Crippen LogP contribution in [0.25, 0.3) is 22.4 Å². The smallest absolute Gasteiger partial charge is 0.151 e. The van der Waals surface area contributed by atoms with E-state index >= 15 is 0 Å². The fourth-order valence-corrected chi connectivity index (χ4v) is 2.63. The standard InChI is InChI=1S/C17H18FN3/c1-3-9-21-15-6-4-5-13(18)16(15)20-17(21)12-10-11(2)7-8-14(12)19/h4-8,10H,3,9,19H2,1-2H3. The van der Waals surface area contributed by atoms with E-state index in [2.05, 4.69) is 11.9 Å². The highest BCUT2D eigenvalue weighted by atomic mass is 19.1. The Kier molecular flexibility index (Phi) is 3.37. The Morgan fingerprint density at radius 3 is 2.81 bits per heavy atom. The van der Waals surface area contributed by atoms with Crippen LogP contribution >= 0.6 is 0 Å². The second-order valence-corrected chi connectivity index (χ2v) is 5.29. The average Bonchev–Trinajstić information content (AvgIpc) is 2.82. The molecule has 0 aliphatic heterocycles. The topological polar surface area (TPSA) is 43.8 Å². The second-order valence-electron chi connectivity index (χ2n) is 5.29. The number of para-hydroxylation sites is 1. The molecule has 108 valence electrons. The normalized spacial score (nSPS) is 11.2. The van der Waals surface area contributed by atoms with Crippen LogP contribution in [0, 0.1) is 12.7 Å². The first-order chi connectivity index (χ1) is 10.1. The van der Waals surface area contributed by atoms with Gasteiger partial charge in [0.2, 0.25) is 0 Å². The van der Waals surface area contributed by atoms with Gasteiger partial charge >= 0.3 is 0 Å². The Bertz CT molecular complexity index is 805. The van der Waals surface area contributed by atoms with Crippen molar-refractivity contribution in [2.75, 3.05) is 5.73 Å². The Balaban J connectivity index is 2.33. The minimum Gasteiger partial charge on any atom is -0.398 e. The number of aryl methyl sites for hydroxylation is 2. The molecule has 3 nitrogen and oxygen atoms in total. The summed E-state index contributed by atoms with van der Waals surface area (Å²) in [5.41, 5.74) is 9.94. The number of nitrogens with zero attached hydrogens (tertiary/aromatic N) is 2. The van der Waals surface area contributed by atoms with E-state index in [9.17, 15) is 4.39 Å². The summed E-state index contributed by atoms with van der Waals surface area (Å²) in [7, 11) is 0. The van der Waals surface area contributed by atoms with E-state index in [0.717, 1.165) is 35.4 Å². The lowest BCUT2D eigenvalue weighted by Gasteiger charge is -2.10. The summed E-state index contributed by atoms with van der Waals surface area (Å²) in [5.74, 6) is 0.438. The van der Waals surface area contributed by atoms with Gasteiger partial charge in [0.15, 0.2) is 5.82 Å². The molecule has 0 aliphatic carbocycles. The van der Waals surface area contributed by atoms with Gasteiger partial charge in [-0.3, -0.25) is 0 Å². The van der Waals surface area contributed by atoms with E-state index in [4.69, 9.17) is 5.73 Å². The number of rotatable bonds is 3. The van der Waals surface area contributed by atoms with Crippen LogP contribution in [-0.4, -0.2) is 9.55 Å². The van der Waals surface area contributed by atoms with Crippen LogP contribution in [0.15, 0.2) is 36.4 Å². The SMILES string of the molecule is CCCn1c(-c2cc(C)ccc2N)nc2c(F)cccc21. The van der Waals surface area contributed by atoms with Gasteiger partial charge < -0.3 is 10.3 Å². The van der Waals surface area contributed by atoms with Crippen LogP contribution in [0.1, 0.15) is 18.9 Å². The number of fused-ring (bicyclic) bond motifs is 1. The van der Waals surface area contributed by atoms with Crippen LogP contribution < -0.4 is 5.73 Å².